The second-order valence-electron chi connectivity index (χ2n) is 5.56. The minimum atomic E-state index is 0.656. The molecule has 5 nitrogen and oxygen atoms in total. The predicted octanol–water partition coefficient (Wildman–Crippen LogP) is 2.01. The summed E-state index contributed by atoms with van der Waals surface area (Å²) >= 11 is 0. The van der Waals surface area contributed by atoms with Crippen molar-refractivity contribution in [2.75, 3.05) is 26.8 Å². The Morgan fingerprint density at radius 2 is 2.10 bits per heavy atom. The molecule has 0 unspecified atom stereocenters. The molecule has 2 aromatic heterocycles. The van der Waals surface area contributed by atoms with Gasteiger partial charge in [0.15, 0.2) is 5.82 Å². The molecule has 1 fully saturated rings. The molecule has 21 heavy (non-hydrogen) atoms. The monoisotopic (exact) mass is 284 g/mol. The van der Waals surface area contributed by atoms with E-state index in [-0.39, 0.29) is 0 Å². The van der Waals surface area contributed by atoms with E-state index in [1.165, 1.54) is 6.42 Å². The van der Waals surface area contributed by atoms with Gasteiger partial charge in [-0.15, -0.1) is 0 Å². The highest BCUT2D eigenvalue weighted by Crippen LogP contribution is 2.15. The molecule has 3 rings (SSSR count). The molecule has 110 valence electrons. The van der Waals surface area contributed by atoms with Gasteiger partial charge in [-0.2, -0.15) is 0 Å². The van der Waals surface area contributed by atoms with Crippen LogP contribution in [0.3, 0.4) is 0 Å². The minimum Gasteiger partial charge on any atom is -0.381 e. The van der Waals surface area contributed by atoms with Crippen LogP contribution < -0.4 is 0 Å². The van der Waals surface area contributed by atoms with Gasteiger partial charge in [0.1, 0.15) is 5.69 Å². The molecule has 1 aliphatic rings. The number of rotatable bonds is 5. The van der Waals surface area contributed by atoms with E-state index in [0.29, 0.717) is 11.7 Å². The average molecular weight is 284 g/mol. The predicted molar refractivity (Wildman–Crippen MR) is 80.5 cm³/mol. The Morgan fingerprint density at radius 1 is 1.24 bits per heavy atom. The van der Waals surface area contributed by atoms with Crippen LogP contribution in [-0.4, -0.2) is 46.7 Å². The number of hydrogen-bond donors (Lipinski definition) is 0. The first-order valence-corrected chi connectivity index (χ1v) is 7.30. The summed E-state index contributed by atoms with van der Waals surface area (Å²) in [5.41, 5.74) is 1.93. The quantitative estimate of drug-likeness (QED) is 0.840. The fourth-order valence-corrected chi connectivity index (χ4v) is 2.61. The first-order chi connectivity index (χ1) is 10.3. The zero-order valence-electron chi connectivity index (χ0n) is 12.3. The van der Waals surface area contributed by atoms with E-state index in [1.807, 2.05) is 30.6 Å². The lowest BCUT2D eigenvalue weighted by Crippen LogP contribution is -2.25. The van der Waals surface area contributed by atoms with E-state index in [2.05, 4.69) is 26.9 Å². The van der Waals surface area contributed by atoms with Crippen LogP contribution in [0.25, 0.3) is 11.5 Å². The number of aromatic nitrogens is 3. The molecule has 3 heterocycles. The van der Waals surface area contributed by atoms with Crippen molar-refractivity contribution >= 4 is 0 Å². The van der Waals surface area contributed by atoms with Crippen LogP contribution in [0, 0.1) is 5.92 Å². The molecule has 0 radical (unpaired) electrons. The minimum absolute atomic E-state index is 0.656. The maximum atomic E-state index is 5.41. The summed E-state index contributed by atoms with van der Waals surface area (Å²) in [6, 6.07) is 5.75. The van der Waals surface area contributed by atoms with Gasteiger partial charge in [-0.1, -0.05) is 6.07 Å². The molecule has 1 aliphatic heterocycles. The van der Waals surface area contributed by atoms with Crippen molar-refractivity contribution in [3.05, 3.63) is 42.4 Å². The first-order valence-electron chi connectivity index (χ1n) is 7.30. The maximum absolute atomic E-state index is 5.41. The lowest BCUT2D eigenvalue weighted by Gasteiger charge is -2.19. The number of pyridine rings is 1. The molecule has 0 aromatic carbocycles. The molecular weight excluding hydrogens is 264 g/mol. The van der Waals surface area contributed by atoms with Crippen LogP contribution in [-0.2, 0) is 11.3 Å². The third-order valence-corrected chi connectivity index (χ3v) is 3.65. The Kier molecular flexibility index (Phi) is 4.52. The normalized spacial score (nSPS) is 18.3. The maximum Gasteiger partial charge on any atom is 0.178 e. The Morgan fingerprint density at radius 3 is 2.76 bits per heavy atom. The summed E-state index contributed by atoms with van der Waals surface area (Å²) in [7, 11) is 2.13. The topological polar surface area (TPSA) is 51.1 Å². The summed E-state index contributed by atoms with van der Waals surface area (Å²) in [5.74, 6) is 1.33. The molecule has 0 aliphatic carbocycles. The molecule has 1 saturated heterocycles. The average Bonchev–Trinajstić information content (AvgIpc) is 3.02. The molecule has 0 bridgehead atoms. The summed E-state index contributed by atoms with van der Waals surface area (Å²) in [4.78, 5) is 15.4. The van der Waals surface area contributed by atoms with Crippen molar-refractivity contribution < 1.29 is 4.74 Å². The SMILES string of the molecule is CN(Cc1cnc(-c2ccccn2)nc1)C[C@@H]1CCOC1. The van der Waals surface area contributed by atoms with Gasteiger partial charge in [-0.25, -0.2) is 9.97 Å². The zero-order chi connectivity index (χ0) is 14.5. The largest absolute Gasteiger partial charge is 0.381 e. The molecule has 0 N–H and O–H groups in total. The Balaban J connectivity index is 1.59. The standard InChI is InChI=1S/C16H20N4O/c1-20(10-13-5-7-21-12-13)11-14-8-18-16(19-9-14)15-4-2-3-6-17-15/h2-4,6,8-9,13H,5,7,10-12H2,1H3/t13-/m0/s1. The number of ether oxygens (including phenoxy) is 1. The van der Waals surface area contributed by atoms with Crippen molar-refractivity contribution in [2.24, 2.45) is 5.92 Å². The van der Waals surface area contributed by atoms with Crippen LogP contribution >= 0.6 is 0 Å². The van der Waals surface area contributed by atoms with Gasteiger partial charge in [-0.05, 0) is 31.5 Å². The first kappa shape index (κ1) is 14.1. The van der Waals surface area contributed by atoms with Gasteiger partial charge < -0.3 is 9.64 Å². The molecular formula is C16H20N4O. The molecule has 1 atom stereocenters. The van der Waals surface area contributed by atoms with Crippen molar-refractivity contribution in [2.45, 2.75) is 13.0 Å². The molecule has 5 heteroatoms. The van der Waals surface area contributed by atoms with Gasteiger partial charge in [0.25, 0.3) is 0 Å². The van der Waals surface area contributed by atoms with E-state index in [0.717, 1.165) is 37.6 Å². The van der Waals surface area contributed by atoms with Crippen molar-refractivity contribution in [1.29, 1.82) is 0 Å². The third-order valence-electron chi connectivity index (χ3n) is 3.65. The highest BCUT2D eigenvalue weighted by molar-refractivity contribution is 5.47. The van der Waals surface area contributed by atoms with Crippen LogP contribution in [0.2, 0.25) is 0 Å². The molecule has 2 aromatic rings. The molecule has 0 saturated carbocycles. The van der Waals surface area contributed by atoms with Gasteiger partial charge in [-0.3, -0.25) is 4.98 Å². The fourth-order valence-electron chi connectivity index (χ4n) is 2.61. The smallest absolute Gasteiger partial charge is 0.178 e. The lowest BCUT2D eigenvalue weighted by atomic mass is 10.1. The second-order valence-corrected chi connectivity index (χ2v) is 5.56. The van der Waals surface area contributed by atoms with E-state index in [9.17, 15) is 0 Å². The Labute approximate surface area is 125 Å². The summed E-state index contributed by atoms with van der Waals surface area (Å²) in [5, 5.41) is 0. The number of nitrogens with zero attached hydrogens (tertiary/aromatic N) is 4. The van der Waals surface area contributed by atoms with Crippen LogP contribution in [0.1, 0.15) is 12.0 Å². The fraction of sp³-hybridized carbons (Fsp3) is 0.438. The molecule has 0 amide bonds. The summed E-state index contributed by atoms with van der Waals surface area (Å²) in [6.07, 6.45) is 6.70. The van der Waals surface area contributed by atoms with Crippen LogP contribution in [0.4, 0.5) is 0 Å². The van der Waals surface area contributed by atoms with Crippen LogP contribution in [0.15, 0.2) is 36.8 Å². The Bertz CT molecular complexity index is 552. The van der Waals surface area contributed by atoms with Crippen molar-refractivity contribution in [1.82, 2.24) is 19.9 Å². The van der Waals surface area contributed by atoms with Gasteiger partial charge in [0.2, 0.25) is 0 Å². The van der Waals surface area contributed by atoms with E-state index < -0.39 is 0 Å². The van der Waals surface area contributed by atoms with Crippen molar-refractivity contribution in [3.8, 4) is 11.5 Å². The van der Waals surface area contributed by atoms with Gasteiger partial charge in [0.05, 0.1) is 6.61 Å². The summed E-state index contributed by atoms with van der Waals surface area (Å²) in [6.45, 7) is 3.71. The van der Waals surface area contributed by atoms with Gasteiger partial charge in [0, 0.05) is 43.9 Å². The third kappa shape index (κ3) is 3.83. The van der Waals surface area contributed by atoms with Gasteiger partial charge >= 0.3 is 0 Å². The Hall–Kier alpha value is -1.85. The van der Waals surface area contributed by atoms with Crippen LogP contribution in [0.5, 0.6) is 0 Å². The number of hydrogen-bond acceptors (Lipinski definition) is 5. The van der Waals surface area contributed by atoms with E-state index in [4.69, 9.17) is 4.74 Å². The van der Waals surface area contributed by atoms with E-state index in [1.54, 1.807) is 6.20 Å². The zero-order valence-corrected chi connectivity index (χ0v) is 12.3. The summed E-state index contributed by atoms with van der Waals surface area (Å²) < 4.78 is 5.41. The lowest BCUT2D eigenvalue weighted by molar-refractivity contribution is 0.173. The van der Waals surface area contributed by atoms with Crippen molar-refractivity contribution in [3.63, 3.8) is 0 Å². The highest BCUT2D eigenvalue weighted by atomic mass is 16.5. The molecule has 0 spiro atoms. The van der Waals surface area contributed by atoms with E-state index >= 15 is 0 Å². The highest BCUT2D eigenvalue weighted by Gasteiger charge is 2.17. The second kappa shape index (κ2) is 6.74.